The van der Waals surface area contributed by atoms with E-state index in [9.17, 15) is 4.79 Å². The van der Waals surface area contributed by atoms with Crippen LogP contribution in [0.5, 0.6) is 11.5 Å². The van der Waals surface area contributed by atoms with Crippen molar-refractivity contribution >= 4 is 34.1 Å². The monoisotopic (exact) mass is 486 g/mol. The fourth-order valence-corrected chi connectivity index (χ4v) is 4.02. The molecule has 5 N–H and O–H groups in total. The van der Waals surface area contributed by atoms with Gasteiger partial charge in [-0.2, -0.15) is 0 Å². The molecule has 0 aliphatic carbocycles. The van der Waals surface area contributed by atoms with E-state index < -0.39 is 5.91 Å². The summed E-state index contributed by atoms with van der Waals surface area (Å²) < 4.78 is 10.9. The molecule has 1 fully saturated rings. The Morgan fingerprint density at radius 1 is 1.22 bits per heavy atom. The molecule has 1 aromatic carbocycles. The lowest BCUT2D eigenvalue weighted by molar-refractivity contribution is -0.119. The van der Waals surface area contributed by atoms with Gasteiger partial charge in [0, 0.05) is 36.1 Å². The van der Waals surface area contributed by atoms with Crippen LogP contribution in [-0.2, 0) is 4.79 Å². The van der Waals surface area contributed by atoms with Crippen molar-refractivity contribution in [2.75, 3.05) is 37.4 Å². The predicted molar refractivity (Wildman–Crippen MR) is 136 cm³/mol. The molecule has 1 amide bonds. The van der Waals surface area contributed by atoms with E-state index in [4.69, 9.17) is 25.2 Å². The van der Waals surface area contributed by atoms with Crippen LogP contribution in [0.15, 0.2) is 55.0 Å². The highest BCUT2D eigenvalue weighted by atomic mass is 16.5. The Bertz CT molecular complexity index is 1390. The lowest BCUT2D eigenvalue weighted by atomic mass is 10.2. The van der Waals surface area contributed by atoms with Crippen molar-refractivity contribution in [3.05, 3.63) is 55.0 Å². The van der Waals surface area contributed by atoms with Crippen molar-refractivity contribution in [3.8, 4) is 22.9 Å². The number of ether oxygens (including phenoxy) is 2. The van der Waals surface area contributed by atoms with Gasteiger partial charge in [-0.15, -0.1) is 0 Å². The molecule has 11 nitrogen and oxygen atoms in total. The normalized spacial score (nSPS) is 15.0. The molecule has 5 rings (SSSR count). The van der Waals surface area contributed by atoms with Crippen LogP contribution in [0.25, 0.3) is 22.3 Å². The zero-order chi connectivity index (χ0) is 24.9. The molecule has 1 aliphatic heterocycles. The van der Waals surface area contributed by atoms with E-state index in [2.05, 4.69) is 25.9 Å². The van der Waals surface area contributed by atoms with Gasteiger partial charge < -0.3 is 31.2 Å². The average Bonchev–Trinajstić information content (AvgIpc) is 3.40. The number of carbonyl (C=O) groups is 1. The quantitative estimate of drug-likeness (QED) is 0.278. The molecular weight excluding hydrogens is 460 g/mol. The zero-order valence-corrected chi connectivity index (χ0v) is 19.7. The van der Waals surface area contributed by atoms with Gasteiger partial charge in [-0.25, -0.2) is 15.0 Å². The summed E-state index contributed by atoms with van der Waals surface area (Å²) in [6.45, 7) is 1.63. The van der Waals surface area contributed by atoms with Crippen LogP contribution in [0.2, 0.25) is 0 Å². The number of amides is 1. The van der Waals surface area contributed by atoms with Crippen LogP contribution in [0.3, 0.4) is 0 Å². The van der Waals surface area contributed by atoms with Gasteiger partial charge in [0.2, 0.25) is 0 Å². The Kier molecular flexibility index (Phi) is 6.72. The van der Waals surface area contributed by atoms with Crippen molar-refractivity contribution in [1.29, 1.82) is 0 Å². The van der Waals surface area contributed by atoms with E-state index in [0.717, 1.165) is 36.1 Å². The van der Waals surface area contributed by atoms with Gasteiger partial charge in [0.1, 0.15) is 23.1 Å². The number of methoxy groups -OCH3 is 1. The smallest absolute Gasteiger partial charge is 0.255 e. The fourth-order valence-electron chi connectivity index (χ4n) is 4.02. The number of nitrogens with zero attached hydrogens (tertiary/aromatic N) is 4. The third kappa shape index (κ3) is 5.26. The van der Waals surface area contributed by atoms with E-state index in [1.54, 1.807) is 37.8 Å². The number of nitrogens with two attached hydrogens (primary N) is 1. The molecule has 1 atom stereocenters. The number of hydrogen-bond donors (Lipinski definition) is 4. The highest BCUT2D eigenvalue weighted by Gasteiger charge is 2.20. The molecule has 1 saturated heterocycles. The molecule has 3 aromatic heterocycles. The Morgan fingerprint density at radius 3 is 2.94 bits per heavy atom. The molecule has 1 aliphatic rings. The van der Waals surface area contributed by atoms with Gasteiger partial charge >= 0.3 is 0 Å². The summed E-state index contributed by atoms with van der Waals surface area (Å²) in [6.07, 6.45) is 6.06. The summed E-state index contributed by atoms with van der Waals surface area (Å²) in [5, 5.41) is 11.0. The first-order chi connectivity index (χ1) is 17.6. The van der Waals surface area contributed by atoms with Crippen molar-refractivity contribution < 1.29 is 14.3 Å². The Morgan fingerprint density at radius 2 is 2.14 bits per heavy atom. The first-order valence-electron chi connectivity index (χ1n) is 11.5. The summed E-state index contributed by atoms with van der Waals surface area (Å²) in [7, 11) is 1.61. The number of anilines is 3. The minimum atomic E-state index is -0.538. The van der Waals surface area contributed by atoms with Crippen LogP contribution >= 0.6 is 0 Å². The fraction of sp³-hybridized carbons (Fsp3) is 0.240. The van der Waals surface area contributed by atoms with E-state index in [1.807, 2.05) is 24.3 Å². The number of primary amides is 1. The maximum Gasteiger partial charge on any atom is 0.255 e. The van der Waals surface area contributed by atoms with Gasteiger partial charge in [0.05, 0.1) is 30.4 Å². The maximum atomic E-state index is 11.0. The summed E-state index contributed by atoms with van der Waals surface area (Å²) >= 11 is 0. The van der Waals surface area contributed by atoms with E-state index in [1.165, 1.54) is 0 Å². The molecule has 0 unspecified atom stereocenters. The summed E-state index contributed by atoms with van der Waals surface area (Å²) in [4.78, 5) is 29.3. The lowest BCUT2D eigenvalue weighted by Gasteiger charge is -2.17. The molecule has 184 valence electrons. The van der Waals surface area contributed by atoms with Crippen LogP contribution in [0, 0.1) is 0 Å². The maximum absolute atomic E-state index is 11.0. The topological polar surface area (TPSA) is 149 Å². The first-order valence-corrected chi connectivity index (χ1v) is 11.5. The summed E-state index contributed by atoms with van der Waals surface area (Å²) in [6, 6.07) is 11.2. The van der Waals surface area contributed by atoms with Crippen LogP contribution in [-0.4, -0.2) is 58.7 Å². The van der Waals surface area contributed by atoms with Crippen LogP contribution in [0.1, 0.15) is 6.42 Å². The van der Waals surface area contributed by atoms with Crippen LogP contribution in [0.4, 0.5) is 17.3 Å². The number of rotatable bonds is 9. The molecule has 0 bridgehead atoms. The molecule has 36 heavy (non-hydrogen) atoms. The SMILES string of the molecule is COc1cncc2nc(-c3ccnc(Nc4cccc(OCC(N)=O)c4)c3)nc(N[C@@H]3CCNC3)c12. The largest absolute Gasteiger partial charge is 0.494 e. The molecular formula is C25H26N8O3. The van der Waals surface area contributed by atoms with Gasteiger partial charge in [-0.3, -0.25) is 9.78 Å². The third-order valence-corrected chi connectivity index (χ3v) is 5.70. The van der Waals surface area contributed by atoms with E-state index >= 15 is 0 Å². The number of benzene rings is 1. The van der Waals surface area contributed by atoms with Crippen molar-refractivity contribution in [2.45, 2.75) is 12.5 Å². The molecule has 0 saturated carbocycles. The molecule has 0 spiro atoms. The number of carbonyl (C=O) groups excluding carboxylic acids is 1. The van der Waals surface area contributed by atoms with Crippen molar-refractivity contribution in [1.82, 2.24) is 25.3 Å². The predicted octanol–water partition coefficient (Wildman–Crippen LogP) is 2.48. The number of pyridine rings is 2. The van der Waals surface area contributed by atoms with Gasteiger partial charge in [0.25, 0.3) is 5.91 Å². The Hall–Kier alpha value is -4.51. The average molecular weight is 487 g/mol. The molecule has 4 heterocycles. The number of hydrogen-bond acceptors (Lipinski definition) is 10. The highest BCUT2D eigenvalue weighted by Crippen LogP contribution is 2.32. The van der Waals surface area contributed by atoms with Gasteiger partial charge in [-0.1, -0.05) is 6.07 Å². The standard InChI is InChI=1S/C25H26N8O3/c1-35-20-13-28-12-19-23(20)25(31-17-6-7-27-11-17)33-24(32-19)15-5-8-29-22(9-15)30-16-3-2-4-18(10-16)36-14-21(26)34/h2-5,8-10,12-13,17,27H,6-7,11,14H2,1H3,(H2,26,34)(H,29,30)(H,31,32,33)/t17-/m1/s1. The van der Waals surface area contributed by atoms with Gasteiger partial charge in [-0.05, 0) is 37.2 Å². The van der Waals surface area contributed by atoms with Crippen molar-refractivity contribution in [3.63, 3.8) is 0 Å². The lowest BCUT2D eigenvalue weighted by Crippen LogP contribution is -2.23. The van der Waals surface area contributed by atoms with Gasteiger partial charge in [0.15, 0.2) is 12.4 Å². The summed E-state index contributed by atoms with van der Waals surface area (Å²) in [5.41, 5.74) is 7.36. The molecule has 0 radical (unpaired) electrons. The second kappa shape index (κ2) is 10.4. The van der Waals surface area contributed by atoms with Crippen molar-refractivity contribution in [2.24, 2.45) is 5.73 Å². The van der Waals surface area contributed by atoms with E-state index in [0.29, 0.717) is 34.5 Å². The molecule has 4 aromatic rings. The minimum absolute atomic E-state index is 0.191. The minimum Gasteiger partial charge on any atom is -0.494 e. The first kappa shape index (κ1) is 23.2. The Balaban J connectivity index is 1.46. The zero-order valence-electron chi connectivity index (χ0n) is 19.7. The number of nitrogens with one attached hydrogen (secondary N) is 3. The Labute approximate surface area is 207 Å². The van der Waals surface area contributed by atoms with Crippen LogP contribution < -0.4 is 31.2 Å². The molecule has 11 heteroatoms. The number of aromatic nitrogens is 4. The second-order valence-electron chi connectivity index (χ2n) is 8.30. The van der Waals surface area contributed by atoms with E-state index in [-0.39, 0.29) is 12.6 Å². The summed E-state index contributed by atoms with van der Waals surface area (Å²) in [5.74, 6) is 2.43. The number of fused-ring (bicyclic) bond motifs is 1. The highest BCUT2D eigenvalue weighted by molar-refractivity contribution is 5.95. The third-order valence-electron chi connectivity index (χ3n) is 5.70. The second-order valence-corrected chi connectivity index (χ2v) is 8.30.